The lowest BCUT2D eigenvalue weighted by Gasteiger charge is -2.07. The number of hydrogen-bond donors (Lipinski definition) is 2. The summed E-state index contributed by atoms with van der Waals surface area (Å²) in [5, 5.41) is 9.09. The molecule has 0 spiro atoms. The van der Waals surface area contributed by atoms with E-state index in [0.29, 0.717) is 16.9 Å². The van der Waals surface area contributed by atoms with E-state index in [2.05, 4.69) is 4.98 Å². The maximum atomic E-state index is 11.2. The van der Waals surface area contributed by atoms with Crippen LogP contribution in [-0.4, -0.2) is 23.2 Å². The number of rotatable bonds is 3. The van der Waals surface area contributed by atoms with Crippen LogP contribution in [0.2, 0.25) is 0 Å². The van der Waals surface area contributed by atoms with Gasteiger partial charge in [-0.15, -0.1) is 0 Å². The van der Waals surface area contributed by atoms with Crippen LogP contribution in [0.4, 0.5) is 0 Å². The van der Waals surface area contributed by atoms with E-state index in [0.717, 1.165) is 6.07 Å². The lowest BCUT2D eigenvalue weighted by atomic mass is 10.0. The van der Waals surface area contributed by atoms with Crippen LogP contribution >= 0.6 is 0 Å². The molecule has 0 radical (unpaired) electrons. The zero-order chi connectivity index (χ0) is 13.1. The van der Waals surface area contributed by atoms with Gasteiger partial charge in [0.15, 0.2) is 0 Å². The first-order valence-corrected chi connectivity index (χ1v) is 5.22. The van der Waals surface area contributed by atoms with Gasteiger partial charge < -0.3 is 14.8 Å². The monoisotopic (exact) mass is 245 g/mol. The molecule has 5 heteroatoms. The summed E-state index contributed by atoms with van der Waals surface area (Å²) in [6.45, 7) is 0. The lowest BCUT2D eigenvalue weighted by Crippen LogP contribution is -2.10. The quantitative estimate of drug-likeness (QED) is 0.863. The number of ether oxygens (including phenoxy) is 1. The number of carboxylic acid groups (broad SMARTS) is 1. The third-order valence-electron chi connectivity index (χ3n) is 2.54. The number of carbonyl (C=O) groups is 1. The van der Waals surface area contributed by atoms with Crippen LogP contribution in [0.25, 0.3) is 11.1 Å². The summed E-state index contributed by atoms with van der Waals surface area (Å²) in [4.78, 5) is 24.7. The predicted molar refractivity (Wildman–Crippen MR) is 66.0 cm³/mol. The van der Waals surface area contributed by atoms with Gasteiger partial charge in [0.1, 0.15) is 5.75 Å². The topological polar surface area (TPSA) is 79.4 Å². The molecule has 0 saturated carbocycles. The van der Waals surface area contributed by atoms with E-state index in [1.54, 1.807) is 24.3 Å². The van der Waals surface area contributed by atoms with E-state index in [9.17, 15) is 9.59 Å². The molecule has 18 heavy (non-hydrogen) atoms. The number of methoxy groups -OCH3 is 1. The highest BCUT2D eigenvalue weighted by Crippen LogP contribution is 2.25. The standard InChI is InChI=1S/C13H11NO4/c1-18-9-4-2-3-8(5-9)11-7-14-12(15)6-10(11)13(16)17/h2-7H,1H3,(H,14,15)(H,16,17). The van der Waals surface area contributed by atoms with Crippen LogP contribution in [-0.2, 0) is 0 Å². The van der Waals surface area contributed by atoms with E-state index in [-0.39, 0.29) is 5.56 Å². The fourth-order valence-corrected chi connectivity index (χ4v) is 1.68. The summed E-state index contributed by atoms with van der Waals surface area (Å²) in [5.41, 5.74) is 0.634. The van der Waals surface area contributed by atoms with Gasteiger partial charge in [0, 0.05) is 17.8 Å². The van der Waals surface area contributed by atoms with Crippen molar-refractivity contribution in [2.24, 2.45) is 0 Å². The molecule has 2 N–H and O–H groups in total. The van der Waals surface area contributed by atoms with Gasteiger partial charge in [-0.3, -0.25) is 4.79 Å². The normalized spacial score (nSPS) is 10.1. The molecule has 0 aliphatic carbocycles. The number of benzene rings is 1. The second-order valence-electron chi connectivity index (χ2n) is 3.66. The van der Waals surface area contributed by atoms with E-state index in [1.165, 1.54) is 13.3 Å². The highest BCUT2D eigenvalue weighted by molar-refractivity contribution is 5.95. The van der Waals surface area contributed by atoms with Gasteiger partial charge in [-0.05, 0) is 17.7 Å². The van der Waals surface area contributed by atoms with E-state index in [4.69, 9.17) is 9.84 Å². The number of nitrogens with one attached hydrogen (secondary N) is 1. The zero-order valence-corrected chi connectivity index (χ0v) is 9.64. The van der Waals surface area contributed by atoms with Crippen molar-refractivity contribution in [2.45, 2.75) is 0 Å². The van der Waals surface area contributed by atoms with Gasteiger partial charge in [-0.1, -0.05) is 12.1 Å². The summed E-state index contributed by atoms with van der Waals surface area (Å²) in [7, 11) is 1.53. The Morgan fingerprint density at radius 3 is 2.78 bits per heavy atom. The average Bonchev–Trinajstić information content (AvgIpc) is 2.38. The molecular formula is C13H11NO4. The van der Waals surface area contributed by atoms with E-state index in [1.807, 2.05) is 0 Å². The van der Waals surface area contributed by atoms with Gasteiger partial charge in [-0.25, -0.2) is 4.79 Å². The van der Waals surface area contributed by atoms with Crippen molar-refractivity contribution in [1.29, 1.82) is 0 Å². The highest BCUT2D eigenvalue weighted by Gasteiger charge is 2.12. The zero-order valence-electron chi connectivity index (χ0n) is 9.64. The molecule has 2 aromatic rings. The average molecular weight is 245 g/mol. The minimum atomic E-state index is -1.14. The minimum Gasteiger partial charge on any atom is -0.497 e. The molecule has 1 aromatic heterocycles. The molecule has 1 heterocycles. The summed E-state index contributed by atoms with van der Waals surface area (Å²) >= 11 is 0. The number of aromatic carboxylic acids is 1. The Balaban J connectivity index is 2.62. The minimum absolute atomic E-state index is 0.0352. The molecule has 92 valence electrons. The van der Waals surface area contributed by atoms with Crippen molar-refractivity contribution in [3.63, 3.8) is 0 Å². The SMILES string of the molecule is COc1cccc(-c2c[nH]c(=O)cc2C(=O)O)c1. The molecule has 0 saturated heterocycles. The fourth-order valence-electron chi connectivity index (χ4n) is 1.68. The Bertz CT molecular complexity index is 645. The second kappa shape index (κ2) is 4.75. The number of carboxylic acids is 1. The van der Waals surface area contributed by atoms with Crippen molar-refractivity contribution in [3.8, 4) is 16.9 Å². The van der Waals surface area contributed by atoms with Gasteiger partial charge >= 0.3 is 5.97 Å². The summed E-state index contributed by atoms with van der Waals surface area (Å²) < 4.78 is 5.08. The Hall–Kier alpha value is -2.56. The van der Waals surface area contributed by atoms with Crippen molar-refractivity contribution in [3.05, 3.63) is 52.4 Å². The smallest absolute Gasteiger partial charge is 0.336 e. The Labute approximate surface area is 103 Å². The molecule has 5 nitrogen and oxygen atoms in total. The Morgan fingerprint density at radius 1 is 1.33 bits per heavy atom. The van der Waals surface area contributed by atoms with Crippen LogP contribution in [0.5, 0.6) is 5.75 Å². The largest absolute Gasteiger partial charge is 0.497 e. The van der Waals surface area contributed by atoms with Crippen molar-refractivity contribution < 1.29 is 14.6 Å². The number of aromatic amines is 1. The molecule has 0 bridgehead atoms. The number of hydrogen-bond acceptors (Lipinski definition) is 3. The van der Waals surface area contributed by atoms with Crippen LogP contribution in [0.3, 0.4) is 0 Å². The van der Waals surface area contributed by atoms with Gasteiger partial charge in [0.2, 0.25) is 5.56 Å². The predicted octanol–water partition coefficient (Wildman–Crippen LogP) is 1.75. The molecule has 0 fully saturated rings. The maximum Gasteiger partial charge on any atom is 0.336 e. The summed E-state index contributed by atoms with van der Waals surface area (Å²) in [6, 6.07) is 8.04. The van der Waals surface area contributed by atoms with Crippen LogP contribution < -0.4 is 10.3 Å². The number of pyridine rings is 1. The Kier molecular flexibility index (Phi) is 3.14. The third-order valence-corrected chi connectivity index (χ3v) is 2.54. The van der Waals surface area contributed by atoms with E-state index < -0.39 is 11.5 Å². The third kappa shape index (κ3) is 2.24. The van der Waals surface area contributed by atoms with Crippen molar-refractivity contribution in [2.75, 3.05) is 7.11 Å². The Morgan fingerprint density at radius 2 is 2.11 bits per heavy atom. The van der Waals surface area contributed by atoms with Crippen molar-refractivity contribution >= 4 is 5.97 Å². The maximum absolute atomic E-state index is 11.2. The summed E-state index contributed by atoms with van der Waals surface area (Å²) in [5.74, 6) is -0.519. The van der Waals surface area contributed by atoms with Gasteiger partial charge in [-0.2, -0.15) is 0 Å². The molecule has 0 atom stereocenters. The van der Waals surface area contributed by atoms with Crippen molar-refractivity contribution in [1.82, 2.24) is 4.98 Å². The first-order valence-electron chi connectivity index (χ1n) is 5.22. The molecule has 0 aliphatic heterocycles. The first-order chi connectivity index (χ1) is 8.61. The number of aromatic nitrogens is 1. The lowest BCUT2D eigenvalue weighted by molar-refractivity contribution is 0.0697. The second-order valence-corrected chi connectivity index (χ2v) is 3.66. The van der Waals surface area contributed by atoms with E-state index >= 15 is 0 Å². The summed E-state index contributed by atoms with van der Waals surface area (Å²) in [6.07, 6.45) is 1.39. The van der Waals surface area contributed by atoms with Crippen LogP contribution in [0.1, 0.15) is 10.4 Å². The molecular weight excluding hydrogens is 234 g/mol. The van der Waals surface area contributed by atoms with Crippen LogP contribution in [0.15, 0.2) is 41.3 Å². The van der Waals surface area contributed by atoms with Crippen LogP contribution in [0, 0.1) is 0 Å². The van der Waals surface area contributed by atoms with Gasteiger partial charge in [0.05, 0.1) is 12.7 Å². The molecule has 2 rings (SSSR count). The molecule has 1 aromatic carbocycles. The molecule has 0 amide bonds. The first kappa shape index (κ1) is 11.9. The van der Waals surface area contributed by atoms with Gasteiger partial charge in [0.25, 0.3) is 0 Å². The fraction of sp³-hybridized carbons (Fsp3) is 0.0769. The molecule has 0 aliphatic rings. The highest BCUT2D eigenvalue weighted by atomic mass is 16.5. The molecule has 0 unspecified atom stereocenters. The number of H-pyrrole nitrogens is 1.